The highest BCUT2D eigenvalue weighted by atomic mass is 32.2. The van der Waals surface area contributed by atoms with Crippen molar-refractivity contribution in [2.24, 2.45) is 10.2 Å². The van der Waals surface area contributed by atoms with Gasteiger partial charge in [-0.3, -0.25) is 9.59 Å². The Labute approximate surface area is 179 Å². The monoisotopic (exact) mass is 422 g/mol. The molecule has 30 heavy (non-hydrogen) atoms. The maximum atomic E-state index is 12.2. The molecular formula is C22H22N4O3S. The third-order valence-corrected chi connectivity index (χ3v) is 5.20. The quantitative estimate of drug-likeness (QED) is 0.526. The zero-order chi connectivity index (χ0) is 21.3. The second-order valence-electron chi connectivity index (χ2n) is 6.53. The van der Waals surface area contributed by atoms with Gasteiger partial charge in [-0.25, -0.2) is 0 Å². The molecule has 1 heterocycles. The molecule has 2 N–H and O–H groups in total. The molecule has 1 fully saturated rings. The number of benzene rings is 2. The van der Waals surface area contributed by atoms with Crippen molar-refractivity contribution >= 4 is 46.7 Å². The molecule has 1 saturated heterocycles. The van der Waals surface area contributed by atoms with Crippen LogP contribution in [0.5, 0.6) is 5.75 Å². The average molecular weight is 423 g/mol. The normalized spacial score (nSPS) is 17.9. The van der Waals surface area contributed by atoms with E-state index in [4.69, 9.17) is 4.74 Å². The molecule has 2 aromatic rings. The molecule has 0 aromatic heterocycles. The number of amides is 2. The fourth-order valence-corrected chi connectivity index (χ4v) is 3.59. The van der Waals surface area contributed by atoms with E-state index < -0.39 is 5.25 Å². The minimum atomic E-state index is -0.543. The van der Waals surface area contributed by atoms with Crippen molar-refractivity contribution in [2.45, 2.75) is 18.6 Å². The van der Waals surface area contributed by atoms with Gasteiger partial charge in [0.25, 0.3) is 0 Å². The molecule has 3 rings (SSSR count). The van der Waals surface area contributed by atoms with Gasteiger partial charge in [0.2, 0.25) is 11.8 Å². The van der Waals surface area contributed by atoms with E-state index in [0.717, 1.165) is 11.1 Å². The smallest absolute Gasteiger partial charge is 0.240 e. The lowest BCUT2D eigenvalue weighted by Gasteiger charge is -2.08. The number of hydrogen-bond acceptors (Lipinski definition) is 6. The van der Waals surface area contributed by atoms with Crippen LogP contribution >= 0.6 is 11.8 Å². The lowest BCUT2D eigenvalue weighted by molar-refractivity contribution is -0.122. The lowest BCUT2D eigenvalue weighted by Crippen LogP contribution is -2.28. The minimum Gasteiger partial charge on any atom is -0.497 e. The van der Waals surface area contributed by atoms with Crippen LogP contribution in [0.2, 0.25) is 0 Å². The molecule has 0 spiro atoms. The topological polar surface area (TPSA) is 92.2 Å². The molecule has 8 heteroatoms. The molecule has 1 atom stereocenters. The van der Waals surface area contributed by atoms with Crippen molar-refractivity contribution < 1.29 is 14.3 Å². The van der Waals surface area contributed by atoms with Gasteiger partial charge in [0, 0.05) is 12.1 Å². The predicted octanol–water partition coefficient (Wildman–Crippen LogP) is 3.70. The van der Waals surface area contributed by atoms with Crippen molar-refractivity contribution in [1.29, 1.82) is 0 Å². The Morgan fingerprint density at radius 3 is 2.63 bits per heavy atom. The van der Waals surface area contributed by atoms with Crippen LogP contribution in [0.4, 0.5) is 5.69 Å². The summed E-state index contributed by atoms with van der Waals surface area (Å²) in [6.45, 7) is 1.92. The Hall–Kier alpha value is -3.39. The van der Waals surface area contributed by atoms with Crippen molar-refractivity contribution in [1.82, 2.24) is 5.32 Å². The number of ether oxygens (including phenoxy) is 1. The van der Waals surface area contributed by atoms with E-state index in [1.54, 1.807) is 37.6 Å². The highest BCUT2D eigenvalue weighted by Gasteiger charge is 2.32. The van der Waals surface area contributed by atoms with Gasteiger partial charge < -0.3 is 15.4 Å². The van der Waals surface area contributed by atoms with Gasteiger partial charge in [0.05, 0.1) is 13.3 Å². The van der Waals surface area contributed by atoms with E-state index in [1.807, 2.05) is 43.3 Å². The molecule has 0 aliphatic carbocycles. The Kier molecular flexibility index (Phi) is 7.40. The van der Waals surface area contributed by atoms with Crippen molar-refractivity contribution in [3.05, 3.63) is 65.7 Å². The molecule has 1 aliphatic rings. The van der Waals surface area contributed by atoms with E-state index in [2.05, 4.69) is 20.8 Å². The Balaban J connectivity index is 1.52. The van der Waals surface area contributed by atoms with Crippen LogP contribution in [-0.4, -0.2) is 35.6 Å². The minimum absolute atomic E-state index is 0.0399. The summed E-state index contributed by atoms with van der Waals surface area (Å²) in [7, 11) is 1.58. The fraction of sp³-hybridized carbons (Fsp3) is 0.182. The van der Waals surface area contributed by atoms with E-state index in [-0.39, 0.29) is 18.2 Å². The molecule has 0 saturated carbocycles. The molecule has 1 unspecified atom stereocenters. The van der Waals surface area contributed by atoms with Gasteiger partial charge >= 0.3 is 0 Å². The first kappa shape index (κ1) is 21.3. The van der Waals surface area contributed by atoms with Crippen molar-refractivity contribution in [3.8, 4) is 5.75 Å². The average Bonchev–Trinajstić information content (AvgIpc) is 3.08. The summed E-state index contributed by atoms with van der Waals surface area (Å²) in [5.41, 5.74) is 2.64. The summed E-state index contributed by atoms with van der Waals surface area (Å²) in [5, 5.41) is 13.3. The highest BCUT2D eigenvalue weighted by molar-refractivity contribution is 8.15. The molecule has 2 amide bonds. The number of nitrogens with zero attached hydrogens (tertiary/aromatic N) is 2. The SMILES string of the molecule is COc1ccc(NC(=O)CC2S/C(=N/N=C\C(C)=C/c3ccccc3)NC2=O)cc1. The zero-order valence-corrected chi connectivity index (χ0v) is 17.5. The maximum Gasteiger partial charge on any atom is 0.240 e. The number of anilines is 1. The summed E-state index contributed by atoms with van der Waals surface area (Å²) in [6, 6.07) is 16.9. The molecule has 2 aromatic carbocycles. The molecule has 0 bridgehead atoms. The van der Waals surface area contributed by atoms with Gasteiger partial charge in [0.1, 0.15) is 11.0 Å². The second kappa shape index (κ2) is 10.4. The van der Waals surface area contributed by atoms with Crippen LogP contribution in [0.1, 0.15) is 18.9 Å². The summed E-state index contributed by atoms with van der Waals surface area (Å²) in [6.07, 6.45) is 3.64. The van der Waals surface area contributed by atoms with E-state index in [0.29, 0.717) is 16.6 Å². The Morgan fingerprint density at radius 2 is 1.93 bits per heavy atom. The Bertz CT molecular complexity index is 985. The standard InChI is InChI=1S/C22H22N4O3S/c1-15(12-16-6-4-3-5-7-16)14-23-26-22-25-21(28)19(30-22)13-20(27)24-17-8-10-18(29-2)11-9-17/h3-12,14,19H,13H2,1-2H3,(H,24,27)(H,25,26,28)/b15-12-,23-14-. The van der Waals surface area contributed by atoms with Crippen molar-refractivity contribution in [2.75, 3.05) is 12.4 Å². The summed E-state index contributed by atoms with van der Waals surface area (Å²) in [4.78, 5) is 24.4. The summed E-state index contributed by atoms with van der Waals surface area (Å²) in [5.74, 6) is 0.198. The van der Waals surface area contributed by atoms with E-state index in [1.165, 1.54) is 11.8 Å². The van der Waals surface area contributed by atoms with Crippen LogP contribution < -0.4 is 15.4 Å². The van der Waals surface area contributed by atoms with Crippen LogP contribution in [0.25, 0.3) is 6.08 Å². The number of thioether (sulfide) groups is 1. The number of rotatable bonds is 7. The molecule has 154 valence electrons. The fourth-order valence-electron chi connectivity index (χ4n) is 2.66. The Morgan fingerprint density at radius 1 is 1.20 bits per heavy atom. The van der Waals surface area contributed by atoms with Crippen LogP contribution in [0.15, 0.2) is 70.4 Å². The number of amidine groups is 1. The molecule has 1 aliphatic heterocycles. The summed E-state index contributed by atoms with van der Waals surface area (Å²) >= 11 is 1.19. The number of allylic oxidation sites excluding steroid dienone is 1. The molecular weight excluding hydrogens is 400 g/mol. The number of hydrogen-bond donors (Lipinski definition) is 2. The first-order valence-corrected chi connectivity index (χ1v) is 10.2. The lowest BCUT2D eigenvalue weighted by atomic mass is 10.1. The van der Waals surface area contributed by atoms with Gasteiger partial charge in [-0.15, -0.1) is 5.10 Å². The largest absolute Gasteiger partial charge is 0.497 e. The van der Waals surface area contributed by atoms with Gasteiger partial charge in [-0.2, -0.15) is 5.10 Å². The third kappa shape index (κ3) is 6.31. The first-order chi connectivity index (χ1) is 14.5. The van der Waals surface area contributed by atoms with Gasteiger partial charge in [0.15, 0.2) is 5.17 Å². The van der Waals surface area contributed by atoms with Gasteiger partial charge in [-0.1, -0.05) is 48.2 Å². The molecule has 0 radical (unpaired) electrons. The van der Waals surface area contributed by atoms with Crippen LogP contribution in [0, 0.1) is 0 Å². The van der Waals surface area contributed by atoms with E-state index in [9.17, 15) is 9.59 Å². The van der Waals surface area contributed by atoms with Gasteiger partial charge in [-0.05, 0) is 42.3 Å². The number of nitrogens with one attached hydrogen (secondary N) is 2. The third-order valence-electron chi connectivity index (χ3n) is 4.12. The first-order valence-electron chi connectivity index (χ1n) is 9.29. The summed E-state index contributed by atoms with van der Waals surface area (Å²) < 4.78 is 5.09. The number of methoxy groups -OCH3 is 1. The highest BCUT2D eigenvalue weighted by Crippen LogP contribution is 2.23. The van der Waals surface area contributed by atoms with Crippen LogP contribution in [-0.2, 0) is 9.59 Å². The van der Waals surface area contributed by atoms with E-state index >= 15 is 0 Å². The van der Waals surface area contributed by atoms with Crippen LogP contribution in [0.3, 0.4) is 0 Å². The maximum absolute atomic E-state index is 12.2. The van der Waals surface area contributed by atoms with Crippen molar-refractivity contribution in [3.63, 3.8) is 0 Å². The zero-order valence-electron chi connectivity index (χ0n) is 16.7. The predicted molar refractivity (Wildman–Crippen MR) is 122 cm³/mol. The second-order valence-corrected chi connectivity index (χ2v) is 7.72. The molecule has 7 nitrogen and oxygen atoms in total. The number of carbonyl (C=O) groups is 2. The number of carbonyl (C=O) groups excluding carboxylic acids is 2.